The molecule has 2 nitrogen and oxygen atoms in total. The zero-order valence-electron chi connectivity index (χ0n) is 12.9. The summed E-state index contributed by atoms with van der Waals surface area (Å²) in [7, 11) is 0. The molecule has 1 heterocycles. The van der Waals surface area contributed by atoms with Gasteiger partial charge >= 0.3 is 0 Å². The van der Waals surface area contributed by atoms with E-state index in [-0.39, 0.29) is 0 Å². The van der Waals surface area contributed by atoms with Crippen molar-refractivity contribution in [2.75, 3.05) is 0 Å². The smallest absolute Gasteiger partial charge is 0.0663 e. The minimum atomic E-state index is 0.294. The maximum absolute atomic E-state index is 6.62. The van der Waals surface area contributed by atoms with E-state index in [2.05, 4.69) is 13.8 Å². The Labute approximate surface area is 128 Å². The van der Waals surface area contributed by atoms with Crippen LogP contribution in [0, 0.1) is 5.41 Å². The molecule has 0 radical (unpaired) electrons. The monoisotopic (exact) mass is 300 g/mol. The third kappa shape index (κ3) is 2.89. The van der Waals surface area contributed by atoms with Gasteiger partial charge in [-0.05, 0) is 46.0 Å². The maximum atomic E-state index is 6.62. The maximum Gasteiger partial charge on any atom is 0.0663 e. The summed E-state index contributed by atoms with van der Waals surface area (Å²) in [6.45, 7) is 4.33. The van der Waals surface area contributed by atoms with Gasteiger partial charge in [0.1, 0.15) is 0 Å². The van der Waals surface area contributed by atoms with Gasteiger partial charge in [0.25, 0.3) is 0 Å². The lowest BCUT2D eigenvalue weighted by Gasteiger charge is -2.54. The average molecular weight is 301 g/mol. The molecule has 1 spiro atoms. The zero-order chi connectivity index (χ0) is 14.2. The second-order valence-corrected chi connectivity index (χ2v) is 7.85. The second-order valence-electron chi connectivity index (χ2n) is 7.33. The number of alkyl halides is 1. The number of halogens is 1. The van der Waals surface area contributed by atoms with Crippen LogP contribution in [0.5, 0.6) is 0 Å². The van der Waals surface area contributed by atoms with Crippen LogP contribution in [-0.4, -0.2) is 29.8 Å². The molecule has 3 heteroatoms. The first kappa shape index (κ1) is 15.1. The Kier molecular flexibility index (Phi) is 4.64. The highest BCUT2D eigenvalue weighted by Crippen LogP contribution is 2.55. The molecule has 4 atom stereocenters. The molecule has 2 aliphatic carbocycles. The van der Waals surface area contributed by atoms with Crippen LogP contribution in [0.25, 0.3) is 0 Å². The van der Waals surface area contributed by atoms with E-state index in [4.69, 9.17) is 21.1 Å². The zero-order valence-corrected chi connectivity index (χ0v) is 13.7. The molecule has 116 valence electrons. The van der Waals surface area contributed by atoms with Crippen LogP contribution in [-0.2, 0) is 9.47 Å². The predicted octanol–water partition coefficient (Wildman–Crippen LogP) is 4.68. The molecule has 20 heavy (non-hydrogen) atoms. The topological polar surface area (TPSA) is 18.5 Å². The van der Waals surface area contributed by atoms with Crippen molar-refractivity contribution in [1.29, 1.82) is 0 Å². The van der Waals surface area contributed by atoms with E-state index in [1.165, 1.54) is 38.5 Å². The third-order valence-corrected chi connectivity index (χ3v) is 6.34. The molecule has 0 amide bonds. The van der Waals surface area contributed by atoms with Crippen molar-refractivity contribution >= 4 is 11.6 Å². The summed E-state index contributed by atoms with van der Waals surface area (Å²) in [6, 6.07) is 0. The Morgan fingerprint density at radius 1 is 0.950 bits per heavy atom. The van der Waals surface area contributed by atoms with E-state index in [0.717, 1.165) is 19.3 Å². The van der Waals surface area contributed by atoms with Crippen molar-refractivity contribution in [3.05, 3.63) is 0 Å². The molecule has 4 unspecified atom stereocenters. The molecule has 1 aliphatic heterocycles. The van der Waals surface area contributed by atoms with Crippen LogP contribution in [0.15, 0.2) is 0 Å². The first-order chi connectivity index (χ1) is 9.60. The molecule has 0 bridgehead atoms. The van der Waals surface area contributed by atoms with E-state index >= 15 is 0 Å². The summed E-state index contributed by atoms with van der Waals surface area (Å²) >= 11 is 6.62. The van der Waals surface area contributed by atoms with Gasteiger partial charge < -0.3 is 9.47 Å². The summed E-state index contributed by atoms with van der Waals surface area (Å²) in [5, 5.41) is 0.347. The molecule has 0 aromatic rings. The van der Waals surface area contributed by atoms with E-state index in [1.807, 2.05) is 0 Å². The Bertz CT molecular complexity index is 315. The molecule has 2 saturated carbocycles. The Morgan fingerprint density at radius 2 is 1.55 bits per heavy atom. The van der Waals surface area contributed by atoms with Crippen molar-refractivity contribution in [2.45, 2.75) is 101 Å². The van der Waals surface area contributed by atoms with Gasteiger partial charge in [0.05, 0.1) is 24.4 Å². The quantitative estimate of drug-likeness (QED) is 0.689. The first-order valence-corrected chi connectivity index (χ1v) is 8.99. The summed E-state index contributed by atoms with van der Waals surface area (Å²) < 4.78 is 12.3. The van der Waals surface area contributed by atoms with Gasteiger partial charge in [-0.15, -0.1) is 11.6 Å². The van der Waals surface area contributed by atoms with Crippen LogP contribution in [0.3, 0.4) is 0 Å². The minimum Gasteiger partial charge on any atom is -0.375 e. The van der Waals surface area contributed by atoms with Crippen LogP contribution >= 0.6 is 11.6 Å². The minimum absolute atomic E-state index is 0.294. The van der Waals surface area contributed by atoms with Crippen LogP contribution in [0.2, 0.25) is 0 Å². The third-order valence-electron chi connectivity index (χ3n) is 5.73. The normalized spacial score (nSPS) is 44.9. The highest BCUT2D eigenvalue weighted by molar-refractivity contribution is 6.21. The molecule has 0 aromatic carbocycles. The van der Waals surface area contributed by atoms with Crippen molar-refractivity contribution in [1.82, 2.24) is 0 Å². The molecular formula is C17H29ClO2. The molecule has 0 aromatic heterocycles. The largest absolute Gasteiger partial charge is 0.375 e. The van der Waals surface area contributed by atoms with Gasteiger partial charge in [0, 0.05) is 10.8 Å². The fourth-order valence-corrected chi connectivity index (χ4v) is 5.12. The standard InChI is InChI=1S/C17H29ClO2/c1-12-9-14(10-13(2)19-12)20-16-11-15(18)17(16)7-5-3-4-6-8-17/h12-16H,3-11H2,1-2H3. The van der Waals surface area contributed by atoms with Crippen LogP contribution in [0.4, 0.5) is 0 Å². The summed E-state index contributed by atoms with van der Waals surface area (Å²) in [6.07, 6.45) is 12.6. The van der Waals surface area contributed by atoms with E-state index in [9.17, 15) is 0 Å². The fourth-order valence-electron chi connectivity index (χ4n) is 4.60. The predicted molar refractivity (Wildman–Crippen MR) is 82.3 cm³/mol. The lowest BCUT2D eigenvalue weighted by Crippen LogP contribution is -2.57. The van der Waals surface area contributed by atoms with Crippen molar-refractivity contribution in [2.24, 2.45) is 5.41 Å². The SMILES string of the molecule is CC1CC(OC2CC(Cl)C23CCCCCC3)CC(C)O1. The van der Waals surface area contributed by atoms with Crippen molar-refractivity contribution in [3.63, 3.8) is 0 Å². The Morgan fingerprint density at radius 3 is 2.10 bits per heavy atom. The van der Waals surface area contributed by atoms with E-state index in [0.29, 0.717) is 35.2 Å². The van der Waals surface area contributed by atoms with Gasteiger partial charge in [0.2, 0.25) is 0 Å². The van der Waals surface area contributed by atoms with Gasteiger partial charge in [0.15, 0.2) is 0 Å². The molecule has 1 saturated heterocycles. The molecule has 3 fully saturated rings. The van der Waals surface area contributed by atoms with Crippen molar-refractivity contribution < 1.29 is 9.47 Å². The highest BCUT2D eigenvalue weighted by atomic mass is 35.5. The molecule has 3 rings (SSSR count). The highest BCUT2D eigenvalue weighted by Gasteiger charge is 2.55. The lowest BCUT2D eigenvalue weighted by atomic mass is 9.61. The summed E-state index contributed by atoms with van der Waals surface area (Å²) in [5.41, 5.74) is 0.294. The molecule has 3 aliphatic rings. The fraction of sp³-hybridized carbons (Fsp3) is 1.00. The van der Waals surface area contributed by atoms with Gasteiger partial charge in [-0.1, -0.05) is 25.7 Å². The molecule has 0 N–H and O–H groups in total. The Hall–Kier alpha value is 0.210. The second kappa shape index (κ2) is 6.14. The van der Waals surface area contributed by atoms with Crippen molar-refractivity contribution in [3.8, 4) is 0 Å². The van der Waals surface area contributed by atoms with E-state index in [1.54, 1.807) is 0 Å². The number of hydrogen-bond donors (Lipinski definition) is 0. The van der Waals surface area contributed by atoms with Gasteiger partial charge in [-0.3, -0.25) is 0 Å². The first-order valence-electron chi connectivity index (χ1n) is 8.55. The summed E-state index contributed by atoms with van der Waals surface area (Å²) in [5.74, 6) is 0. The number of rotatable bonds is 2. The van der Waals surface area contributed by atoms with Gasteiger partial charge in [-0.25, -0.2) is 0 Å². The Balaban J connectivity index is 1.62. The van der Waals surface area contributed by atoms with Crippen LogP contribution in [0.1, 0.15) is 71.6 Å². The average Bonchev–Trinajstić information content (AvgIpc) is 2.65. The molecular weight excluding hydrogens is 272 g/mol. The van der Waals surface area contributed by atoms with Crippen LogP contribution < -0.4 is 0 Å². The lowest BCUT2D eigenvalue weighted by molar-refractivity contribution is -0.182. The number of hydrogen-bond acceptors (Lipinski definition) is 2. The number of ether oxygens (including phenoxy) is 2. The summed E-state index contributed by atoms with van der Waals surface area (Å²) in [4.78, 5) is 0. The van der Waals surface area contributed by atoms with Gasteiger partial charge in [-0.2, -0.15) is 0 Å². The van der Waals surface area contributed by atoms with E-state index < -0.39 is 0 Å².